The summed E-state index contributed by atoms with van der Waals surface area (Å²) in [6.45, 7) is 4.07. The van der Waals surface area contributed by atoms with Gasteiger partial charge in [-0.3, -0.25) is 10.1 Å². The molecule has 0 fully saturated rings. The number of ether oxygens (including phenoxy) is 1. The number of nitrogen functional groups attached to an aromatic ring is 1. The quantitative estimate of drug-likeness (QED) is 0.570. The summed E-state index contributed by atoms with van der Waals surface area (Å²) in [7, 11) is -2.35. The second-order valence-corrected chi connectivity index (χ2v) is 7.64. The molecule has 2 N–H and O–H groups in total. The van der Waals surface area contributed by atoms with Crippen LogP contribution < -0.4 is 5.73 Å². The fraction of sp³-hybridized carbons (Fsp3) is 0.636. The number of nitro groups is 1. The molecule has 0 spiro atoms. The summed E-state index contributed by atoms with van der Waals surface area (Å²) in [5.74, 6) is 0. The summed E-state index contributed by atoms with van der Waals surface area (Å²) in [4.78, 5) is 10.1. The average molecular weight is 337 g/mol. The van der Waals surface area contributed by atoms with E-state index in [4.69, 9.17) is 10.5 Å². The average Bonchev–Trinajstić information content (AvgIpc) is 2.81. The zero-order chi connectivity index (χ0) is 16.2. The Bertz CT molecular complexity index is 599. The molecule has 0 aliphatic rings. The highest BCUT2D eigenvalue weighted by Crippen LogP contribution is 2.36. The van der Waals surface area contributed by atoms with Gasteiger partial charge in [-0.2, -0.15) is 4.31 Å². The first-order chi connectivity index (χ1) is 9.75. The van der Waals surface area contributed by atoms with Crippen LogP contribution in [0.1, 0.15) is 20.3 Å². The maximum atomic E-state index is 12.6. The Balaban J connectivity index is 3.22. The van der Waals surface area contributed by atoms with E-state index in [0.717, 1.165) is 6.07 Å². The first-order valence-corrected chi connectivity index (χ1v) is 8.55. The highest BCUT2D eigenvalue weighted by atomic mass is 32.2. The predicted octanol–water partition coefficient (Wildman–Crippen LogP) is 1.67. The lowest BCUT2D eigenvalue weighted by Crippen LogP contribution is -2.40. The minimum absolute atomic E-state index is 0.116. The van der Waals surface area contributed by atoms with Crippen LogP contribution in [0.15, 0.2) is 10.3 Å². The lowest BCUT2D eigenvalue weighted by molar-refractivity contribution is -0.383. The molecule has 0 aliphatic carbocycles. The number of hydrogen-bond acceptors (Lipinski definition) is 7. The molecule has 0 radical (unpaired) electrons. The van der Waals surface area contributed by atoms with E-state index in [-0.39, 0.29) is 34.1 Å². The molecule has 0 saturated heterocycles. The van der Waals surface area contributed by atoms with Gasteiger partial charge in [-0.1, -0.05) is 18.3 Å². The molecule has 1 rings (SSSR count). The number of rotatable bonds is 8. The SMILES string of the molecule is CCC(C)N(CCOC)S(=O)(=O)c1cc([N+](=O)[O-])c(N)s1. The van der Waals surface area contributed by atoms with Crippen molar-refractivity contribution in [1.29, 1.82) is 0 Å². The van der Waals surface area contributed by atoms with E-state index in [2.05, 4.69) is 0 Å². The highest BCUT2D eigenvalue weighted by molar-refractivity contribution is 7.91. The molecule has 21 heavy (non-hydrogen) atoms. The van der Waals surface area contributed by atoms with Gasteiger partial charge in [0.1, 0.15) is 4.21 Å². The number of anilines is 1. The molecule has 1 atom stereocenters. The van der Waals surface area contributed by atoms with Crippen molar-refractivity contribution in [3.8, 4) is 0 Å². The van der Waals surface area contributed by atoms with Crippen molar-refractivity contribution >= 4 is 32.0 Å². The van der Waals surface area contributed by atoms with Gasteiger partial charge < -0.3 is 10.5 Å². The lowest BCUT2D eigenvalue weighted by Gasteiger charge is -2.26. The third kappa shape index (κ3) is 3.90. The molecule has 1 aromatic rings. The summed E-state index contributed by atoms with van der Waals surface area (Å²) in [5, 5.41) is 10.7. The van der Waals surface area contributed by atoms with Crippen molar-refractivity contribution in [3.63, 3.8) is 0 Å². The first kappa shape index (κ1) is 17.8. The van der Waals surface area contributed by atoms with Crippen LogP contribution in [0.3, 0.4) is 0 Å². The van der Waals surface area contributed by atoms with E-state index >= 15 is 0 Å². The Morgan fingerprint density at radius 2 is 2.19 bits per heavy atom. The van der Waals surface area contributed by atoms with E-state index in [0.29, 0.717) is 17.8 Å². The van der Waals surface area contributed by atoms with E-state index < -0.39 is 14.9 Å². The summed E-state index contributed by atoms with van der Waals surface area (Å²) in [6.07, 6.45) is 0.617. The smallest absolute Gasteiger partial charge is 0.304 e. The summed E-state index contributed by atoms with van der Waals surface area (Å²) < 4.78 is 31.3. The zero-order valence-electron chi connectivity index (χ0n) is 12.1. The van der Waals surface area contributed by atoms with Gasteiger partial charge in [-0.25, -0.2) is 8.42 Å². The van der Waals surface area contributed by atoms with Gasteiger partial charge in [0.05, 0.1) is 11.5 Å². The summed E-state index contributed by atoms with van der Waals surface area (Å²) >= 11 is 0.705. The molecule has 0 saturated carbocycles. The molecule has 1 heterocycles. The van der Waals surface area contributed by atoms with Crippen molar-refractivity contribution in [2.45, 2.75) is 30.5 Å². The Morgan fingerprint density at radius 3 is 2.62 bits per heavy atom. The van der Waals surface area contributed by atoms with Gasteiger partial charge in [0, 0.05) is 25.8 Å². The van der Waals surface area contributed by atoms with Gasteiger partial charge in [-0.05, 0) is 13.3 Å². The number of hydrogen-bond donors (Lipinski definition) is 1. The van der Waals surface area contributed by atoms with Crippen LogP contribution in [0.25, 0.3) is 0 Å². The van der Waals surface area contributed by atoms with Crippen molar-refractivity contribution in [2.24, 2.45) is 0 Å². The zero-order valence-corrected chi connectivity index (χ0v) is 13.7. The fourth-order valence-electron chi connectivity index (χ4n) is 1.72. The van der Waals surface area contributed by atoms with E-state index in [1.54, 1.807) is 6.92 Å². The Labute approximate surface area is 127 Å². The minimum atomic E-state index is -3.83. The van der Waals surface area contributed by atoms with E-state index in [1.165, 1.54) is 11.4 Å². The number of thiophene rings is 1. The third-order valence-corrected chi connectivity index (χ3v) is 6.49. The second-order valence-electron chi connectivity index (χ2n) is 4.44. The standard InChI is InChI=1S/C11H19N3O5S2/c1-4-8(2)13(5-6-19-3)21(17,18)10-7-9(14(15)16)11(12)20-10/h7-8H,4-6,12H2,1-3H3. The van der Waals surface area contributed by atoms with Crippen LogP contribution in [-0.2, 0) is 14.8 Å². The molecule has 0 aromatic carbocycles. The predicted molar refractivity (Wildman–Crippen MR) is 80.9 cm³/mol. The molecule has 1 unspecified atom stereocenters. The maximum absolute atomic E-state index is 12.6. The molecule has 8 nitrogen and oxygen atoms in total. The Hall–Kier alpha value is -1.23. The Morgan fingerprint density at radius 1 is 1.57 bits per heavy atom. The van der Waals surface area contributed by atoms with Crippen LogP contribution in [0.4, 0.5) is 10.7 Å². The van der Waals surface area contributed by atoms with Gasteiger partial charge in [0.25, 0.3) is 10.0 Å². The van der Waals surface area contributed by atoms with Crippen molar-refractivity contribution in [3.05, 3.63) is 16.2 Å². The maximum Gasteiger partial charge on any atom is 0.304 e. The first-order valence-electron chi connectivity index (χ1n) is 6.30. The molecule has 1 aromatic heterocycles. The van der Waals surface area contributed by atoms with E-state index in [1.807, 2.05) is 6.92 Å². The monoisotopic (exact) mass is 337 g/mol. The molecule has 0 amide bonds. The van der Waals surface area contributed by atoms with Crippen LogP contribution in [0.5, 0.6) is 0 Å². The molecule has 10 heteroatoms. The third-order valence-electron chi connectivity index (χ3n) is 3.08. The number of nitrogens with two attached hydrogens (primary N) is 1. The minimum Gasteiger partial charge on any atom is -0.385 e. The van der Waals surface area contributed by atoms with Crippen LogP contribution in [-0.4, -0.2) is 43.9 Å². The number of nitrogens with zero attached hydrogens (tertiary/aromatic N) is 2. The fourth-order valence-corrected chi connectivity index (χ4v) is 4.75. The topological polar surface area (TPSA) is 116 Å². The second kappa shape index (κ2) is 7.16. The largest absolute Gasteiger partial charge is 0.385 e. The van der Waals surface area contributed by atoms with Gasteiger partial charge in [0.2, 0.25) is 0 Å². The molecular formula is C11H19N3O5S2. The summed E-state index contributed by atoms with van der Waals surface area (Å²) in [5.41, 5.74) is 5.14. The van der Waals surface area contributed by atoms with Gasteiger partial charge in [-0.15, -0.1) is 0 Å². The van der Waals surface area contributed by atoms with Crippen LogP contribution in [0.2, 0.25) is 0 Å². The number of sulfonamides is 1. The van der Waals surface area contributed by atoms with Crippen molar-refractivity contribution < 1.29 is 18.1 Å². The Kier molecular flexibility index (Phi) is 6.08. The summed E-state index contributed by atoms with van der Waals surface area (Å²) in [6, 6.07) is 0.768. The number of methoxy groups -OCH3 is 1. The van der Waals surface area contributed by atoms with Gasteiger partial charge >= 0.3 is 5.69 Å². The van der Waals surface area contributed by atoms with Gasteiger partial charge in [0.15, 0.2) is 5.00 Å². The van der Waals surface area contributed by atoms with Crippen LogP contribution in [0, 0.1) is 10.1 Å². The normalized spacial score (nSPS) is 13.5. The molecule has 0 aliphatic heterocycles. The van der Waals surface area contributed by atoms with E-state index in [9.17, 15) is 18.5 Å². The lowest BCUT2D eigenvalue weighted by atomic mass is 10.3. The molecule has 0 bridgehead atoms. The highest BCUT2D eigenvalue weighted by Gasteiger charge is 2.32. The van der Waals surface area contributed by atoms with Crippen LogP contribution >= 0.6 is 11.3 Å². The van der Waals surface area contributed by atoms with Crippen molar-refractivity contribution in [2.75, 3.05) is 26.0 Å². The van der Waals surface area contributed by atoms with Crippen molar-refractivity contribution in [1.82, 2.24) is 4.31 Å². The molecular weight excluding hydrogens is 318 g/mol. The molecule has 120 valence electrons.